The molecule has 4 nitrogen and oxygen atoms in total. The summed E-state index contributed by atoms with van der Waals surface area (Å²) in [5, 5.41) is 7.78. The summed E-state index contributed by atoms with van der Waals surface area (Å²) in [6.45, 7) is 4.09. The number of amides is 2. The average Bonchev–Trinajstić information content (AvgIpc) is 3.24. The van der Waals surface area contributed by atoms with Crippen molar-refractivity contribution in [3.05, 3.63) is 76.0 Å². The van der Waals surface area contributed by atoms with Gasteiger partial charge in [0, 0.05) is 16.3 Å². The summed E-state index contributed by atoms with van der Waals surface area (Å²) in [7, 11) is 0. The molecule has 0 fully saturated rings. The van der Waals surface area contributed by atoms with Crippen LogP contribution in [0.4, 0.5) is 11.4 Å². The Morgan fingerprint density at radius 2 is 1.79 bits per heavy atom. The number of thiophene rings is 1. The van der Waals surface area contributed by atoms with Crippen molar-refractivity contribution in [2.24, 2.45) is 0 Å². The minimum Gasteiger partial charge on any atom is -0.325 e. The van der Waals surface area contributed by atoms with Crippen LogP contribution in [0.2, 0.25) is 0 Å². The lowest BCUT2D eigenvalue weighted by molar-refractivity contribution is -0.113. The fourth-order valence-corrected chi connectivity index (χ4v) is 4.08. The van der Waals surface area contributed by atoms with E-state index in [0.717, 1.165) is 33.8 Å². The number of para-hydroxylation sites is 1. The largest absolute Gasteiger partial charge is 0.325 e. The highest BCUT2D eigenvalue weighted by atomic mass is 32.2. The normalized spacial score (nSPS) is 10.5. The number of carbonyl (C=O) groups is 2. The standard InChI is InChI=1S/C22H22N2O2S2/c1-3-16-7-4-6-15(2)21(16)24-20(25)14-28-18-11-9-17(10-12-18)23-22(26)19-8-5-13-27-19/h4-13H,3,14H2,1-2H3,(H,23,26)(H,24,25). The van der Waals surface area contributed by atoms with Crippen LogP contribution >= 0.6 is 23.1 Å². The second-order valence-corrected chi connectivity index (χ2v) is 8.25. The first-order valence-corrected chi connectivity index (χ1v) is 10.9. The van der Waals surface area contributed by atoms with Gasteiger partial charge in [0.25, 0.3) is 5.91 Å². The van der Waals surface area contributed by atoms with E-state index >= 15 is 0 Å². The molecule has 2 N–H and O–H groups in total. The van der Waals surface area contributed by atoms with Crippen molar-refractivity contribution >= 4 is 46.3 Å². The van der Waals surface area contributed by atoms with Crippen LogP contribution in [0.1, 0.15) is 27.7 Å². The van der Waals surface area contributed by atoms with Gasteiger partial charge in [-0.05, 0) is 60.2 Å². The van der Waals surface area contributed by atoms with Crippen LogP contribution in [0.15, 0.2) is 64.9 Å². The minimum atomic E-state index is -0.111. The number of rotatable bonds is 7. The minimum absolute atomic E-state index is 0.0240. The quantitative estimate of drug-likeness (QED) is 0.498. The summed E-state index contributed by atoms with van der Waals surface area (Å²) in [4.78, 5) is 26.1. The van der Waals surface area contributed by atoms with Crippen LogP contribution < -0.4 is 10.6 Å². The van der Waals surface area contributed by atoms with Crippen LogP contribution in [0.3, 0.4) is 0 Å². The van der Waals surface area contributed by atoms with Gasteiger partial charge < -0.3 is 10.6 Å². The first kappa shape index (κ1) is 20.2. The molecule has 0 unspecified atom stereocenters. The van der Waals surface area contributed by atoms with Gasteiger partial charge in [0.1, 0.15) is 0 Å². The van der Waals surface area contributed by atoms with E-state index in [1.165, 1.54) is 23.1 Å². The van der Waals surface area contributed by atoms with Crippen molar-refractivity contribution in [2.75, 3.05) is 16.4 Å². The molecule has 3 aromatic rings. The molecule has 0 spiro atoms. The van der Waals surface area contributed by atoms with Crippen molar-refractivity contribution < 1.29 is 9.59 Å². The van der Waals surface area contributed by atoms with Crippen molar-refractivity contribution in [2.45, 2.75) is 25.2 Å². The molecule has 144 valence electrons. The van der Waals surface area contributed by atoms with E-state index in [0.29, 0.717) is 10.6 Å². The molecule has 0 aliphatic carbocycles. The molecule has 28 heavy (non-hydrogen) atoms. The highest BCUT2D eigenvalue weighted by Gasteiger charge is 2.10. The van der Waals surface area contributed by atoms with Crippen molar-refractivity contribution in [1.29, 1.82) is 0 Å². The molecule has 0 saturated carbocycles. The van der Waals surface area contributed by atoms with Crippen LogP contribution in [0, 0.1) is 6.92 Å². The molecular formula is C22H22N2O2S2. The van der Waals surface area contributed by atoms with Gasteiger partial charge in [0.2, 0.25) is 5.91 Å². The van der Waals surface area contributed by atoms with Gasteiger partial charge in [-0.1, -0.05) is 31.2 Å². The van der Waals surface area contributed by atoms with E-state index in [9.17, 15) is 9.59 Å². The topological polar surface area (TPSA) is 58.2 Å². The highest BCUT2D eigenvalue weighted by molar-refractivity contribution is 8.00. The van der Waals surface area contributed by atoms with Gasteiger partial charge >= 0.3 is 0 Å². The first-order chi connectivity index (χ1) is 13.6. The molecule has 0 bridgehead atoms. The first-order valence-electron chi connectivity index (χ1n) is 9.03. The van der Waals surface area contributed by atoms with E-state index in [-0.39, 0.29) is 11.8 Å². The monoisotopic (exact) mass is 410 g/mol. The molecule has 0 saturated heterocycles. The summed E-state index contributed by atoms with van der Waals surface area (Å²) >= 11 is 2.88. The zero-order chi connectivity index (χ0) is 19.9. The Balaban J connectivity index is 1.53. The molecule has 3 rings (SSSR count). The fourth-order valence-electron chi connectivity index (χ4n) is 2.76. The van der Waals surface area contributed by atoms with Gasteiger partial charge in [-0.2, -0.15) is 0 Å². The Kier molecular flexibility index (Phi) is 6.90. The van der Waals surface area contributed by atoms with Gasteiger partial charge in [-0.15, -0.1) is 23.1 Å². The number of hydrogen-bond acceptors (Lipinski definition) is 4. The van der Waals surface area contributed by atoms with E-state index in [2.05, 4.69) is 17.6 Å². The van der Waals surface area contributed by atoms with Gasteiger partial charge in [-0.25, -0.2) is 0 Å². The predicted molar refractivity (Wildman–Crippen MR) is 119 cm³/mol. The van der Waals surface area contributed by atoms with Crippen LogP contribution in [-0.2, 0) is 11.2 Å². The molecule has 2 aromatic carbocycles. The van der Waals surface area contributed by atoms with E-state index in [4.69, 9.17) is 0 Å². The van der Waals surface area contributed by atoms with Crippen molar-refractivity contribution in [3.8, 4) is 0 Å². The zero-order valence-corrected chi connectivity index (χ0v) is 17.5. The summed E-state index contributed by atoms with van der Waals surface area (Å²) in [6.07, 6.45) is 0.878. The number of nitrogens with one attached hydrogen (secondary N) is 2. The third-order valence-electron chi connectivity index (χ3n) is 4.23. The lowest BCUT2D eigenvalue weighted by Crippen LogP contribution is -2.16. The lowest BCUT2D eigenvalue weighted by Gasteiger charge is -2.13. The summed E-state index contributed by atoms with van der Waals surface area (Å²) < 4.78 is 0. The maximum absolute atomic E-state index is 12.4. The lowest BCUT2D eigenvalue weighted by atomic mass is 10.1. The number of thioether (sulfide) groups is 1. The van der Waals surface area contributed by atoms with Crippen molar-refractivity contribution in [1.82, 2.24) is 0 Å². The number of hydrogen-bond donors (Lipinski definition) is 2. The molecule has 1 heterocycles. The number of carbonyl (C=O) groups excluding carboxylic acids is 2. The molecule has 2 amide bonds. The number of anilines is 2. The summed E-state index contributed by atoms with van der Waals surface area (Å²) in [6, 6.07) is 17.2. The zero-order valence-electron chi connectivity index (χ0n) is 15.8. The molecule has 0 aliphatic heterocycles. The molecule has 0 atom stereocenters. The molecule has 1 aromatic heterocycles. The average molecular weight is 411 g/mol. The van der Waals surface area contributed by atoms with Gasteiger partial charge in [-0.3, -0.25) is 9.59 Å². The van der Waals surface area contributed by atoms with Gasteiger partial charge in [0.15, 0.2) is 0 Å². The van der Waals surface area contributed by atoms with Crippen LogP contribution in [-0.4, -0.2) is 17.6 Å². The summed E-state index contributed by atoms with van der Waals surface area (Å²) in [5.74, 6) is 0.196. The van der Waals surface area contributed by atoms with Crippen LogP contribution in [0.5, 0.6) is 0 Å². The second-order valence-electron chi connectivity index (χ2n) is 6.26. The number of aryl methyl sites for hydroxylation is 2. The van der Waals surface area contributed by atoms with Crippen LogP contribution in [0.25, 0.3) is 0 Å². The predicted octanol–water partition coefficient (Wildman–Crippen LogP) is 5.60. The molecule has 0 aliphatic rings. The maximum atomic E-state index is 12.4. The van der Waals surface area contributed by atoms with E-state index in [1.54, 1.807) is 6.07 Å². The number of benzene rings is 2. The molecule has 0 radical (unpaired) electrons. The fraction of sp³-hybridized carbons (Fsp3) is 0.182. The Labute approximate surface area is 173 Å². The summed E-state index contributed by atoms with van der Waals surface area (Å²) in [5.41, 5.74) is 3.87. The third kappa shape index (κ3) is 5.24. The molecule has 6 heteroatoms. The Bertz CT molecular complexity index is 951. The third-order valence-corrected chi connectivity index (χ3v) is 6.11. The molecular weight excluding hydrogens is 388 g/mol. The highest BCUT2D eigenvalue weighted by Crippen LogP contribution is 2.24. The van der Waals surface area contributed by atoms with Gasteiger partial charge in [0.05, 0.1) is 10.6 Å². The van der Waals surface area contributed by atoms with E-state index in [1.807, 2.05) is 60.8 Å². The Morgan fingerprint density at radius 3 is 2.46 bits per heavy atom. The Hall–Kier alpha value is -2.57. The maximum Gasteiger partial charge on any atom is 0.265 e. The van der Waals surface area contributed by atoms with E-state index < -0.39 is 0 Å². The van der Waals surface area contributed by atoms with Crippen molar-refractivity contribution in [3.63, 3.8) is 0 Å². The Morgan fingerprint density at radius 1 is 1.00 bits per heavy atom. The SMILES string of the molecule is CCc1cccc(C)c1NC(=O)CSc1ccc(NC(=O)c2cccs2)cc1. The smallest absolute Gasteiger partial charge is 0.265 e. The second kappa shape index (κ2) is 9.57.